The summed E-state index contributed by atoms with van der Waals surface area (Å²) in [5, 5.41) is 0. The molecular formula is C63H72O9. The topological polar surface area (TPSA) is 83.1 Å². The van der Waals surface area contributed by atoms with E-state index in [2.05, 4.69) is 151 Å². The second-order valence-electron chi connectivity index (χ2n) is 21.1. The Hall–Kier alpha value is -6.00. The molecule has 0 aromatic heterocycles. The van der Waals surface area contributed by atoms with E-state index in [0.717, 1.165) is 73.0 Å². The first-order valence-electron chi connectivity index (χ1n) is 26.3. The molecule has 0 bridgehead atoms. The highest BCUT2D eigenvalue weighted by atomic mass is 16.6. The van der Waals surface area contributed by atoms with Gasteiger partial charge in [-0.2, -0.15) is 0 Å². The van der Waals surface area contributed by atoms with Crippen molar-refractivity contribution in [1.82, 2.24) is 0 Å². The number of aryl methyl sites for hydroxylation is 6. The number of hydrogen-bond acceptors (Lipinski definition) is 9. The molecule has 10 rings (SSSR count). The molecule has 0 unspecified atom stereocenters. The Balaban J connectivity index is 0.929. The van der Waals surface area contributed by atoms with Crippen LogP contribution in [0.1, 0.15) is 71.9 Å². The summed E-state index contributed by atoms with van der Waals surface area (Å²) in [5.74, 6) is 5.59. The van der Waals surface area contributed by atoms with Crippen molar-refractivity contribution in [3.63, 3.8) is 0 Å². The Morgan fingerprint density at radius 2 is 0.500 bits per heavy atom. The molecule has 0 spiro atoms. The highest BCUT2D eigenvalue weighted by Gasteiger charge is 2.51. The fraction of sp³-hybridized carbons (Fsp3) is 0.429. The van der Waals surface area contributed by atoms with E-state index in [4.69, 9.17) is 42.6 Å². The van der Waals surface area contributed by atoms with Crippen LogP contribution >= 0.6 is 0 Å². The average molecular weight is 973 g/mol. The number of ether oxygens (including phenoxy) is 9. The molecule has 0 N–H and O–H groups in total. The van der Waals surface area contributed by atoms with Crippen molar-refractivity contribution in [3.05, 3.63) is 179 Å². The van der Waals surface area contributed by atoms with Gasteiger partial charge in [-0.05, 0) is 151 Å². The van der Waals surface area contributed by atoms with Gasteiger partial charge in [0.25, 0.3) is 0 Å². The summed E-state index contributed by atoms with van der Waals surface area (Å²) in [5.41, 5.74) is 7.14. The molecule has 9 nitrogen and oxygen atoms in total. The molecule has 1 saturated carbocycles. The maximum atomic E-state index is 7.21. The molecule has 6 aromatic carbocycles. The summed E-state index contributed by atoms with van der Waals surface area (Å²) in [6, 6.07) is 49.6. The fourth-order valence-electron chi connectivity index (χ4n) is 11.1. The maximum Gasteiger partial charge on any atom is 0.131 e. The van der Waals surface area contributed by atoms with Crippen molar-refractivity contribution in [2.45, 2.75) is 135 Å². The SMILES string of the molecule is Cc1ccc(OC[C@H]2O[C@H](C3CC([C@@H]4C[C@H](Oc5ccc(C)cc5)[C@@H](COc5ccc(C)cc5)O4)CC([C@@H]4C[C@H](Oc5ccc(C)cc5)[C@@H](COc5ccc(C)cc5)O4)C3)C[C@@H]2Oc2ccc(C)cc2)cc1. The van der Waals surface area contributed by atoms with E-state index in [9.17, 15) is 0 Å². The van der Waals surface area contributed by atoms with E-state index in [1.54, 1.807) is 0 Å². The van der Waals surface area contributed by atoms with Crippen molar-refractivity contribution in [3.8, 4) is 34.5 Å². The fourth-order valence-corrected chi connectivity index (χ4v) is 11.1. The van der Waals surface area contributed by atoms with Crippen LogP contribution in [0.4, 0.5) is 0 Å². The minimum Gasteiger partial charge on any atom is -0.491 e. The Bertz CT molecular complexity index is 2320. The van der Waals surface area contributed by atoms with Gasteiger partial charge in [0.1, 0.15) is 90.9 Å². The highest BCUT2D eigenvalue weighted by Crippen LogP contribution is 2.48. The van der Waals surface area contributed by atoms with Gasteiger partial charge >= 0.3 is 0 Å². The lowest BCUT2D eigenvalue weighted by Gasteiger charge is -2.41. The number of rotatable bonds is 18. The van der Waals surface area contributed by atoms with Crippen LogP contribution in [0.15, 0.2) is 146 Å². The molecule has 72 heavy (non-hydrogen) atoms. The van der Waals surface area contributed by atoms with E-state index >= 15 is 0 Å². The van der Waals surface area contributed by atoms with Crippen LogP contribution in [0.2, 0.25) is 0 Å². The lowest BCUT2D eigenvalue weighted by molar-refractivity contribution is -0.0899. The predicted octanol–water partition coefficient (Wildman–Crippen LogP) is 12.9. The molecule has 378 valence electrons. The summed E-state index contributed by atoms with van der Waals surface area (Å²) in [4.78, 5) is 0. The zero-order chi connectivity index (χ0) is 49.6. The number of benzene rings is 6. The van der Waals surface area contributed by atoms with Crippen LogP contribution < -0.4 is 28.4 Å². The monoisotopic (exact) mass is 973 g/mol. The zero-order valence-corrected chi connectivity index (χ0v) is 42.8. The maximum absolute atomic E-state index is 7.21. The summed E-state index contributed by atoms with van der Waals surface area (Å²) in [6.45, 7) is 13.7. The first-order chi connectivity index (χ1) is 35.0. The standard InChI is InChI=1S/C63H72O9/c1-40-7-19-49(20-8-40)64-37-61-58(67-52-25-13-43(4)14-26-52)34-55(70-61)46-31-47(56-35-59(68-53-27-15-44(5)16-28-53)62(71-56)38-65-50-21-9-41(2)10-22-50)33-48(32-46)57-36-60(69-54-29-17-45(6)18-30-54)63(72-57)39-66-51-23-11-42(3)12-24-51/h7-30,46-48,55-63H,31-39H2,1-6H3/t46?,47?,48?,55-,56-,57-,58-,59-,60-,61+,62+,63+/m0/s1. The van der Waals surface area contributed by atoms with Gasteiger partial charge in [-0.3, -0.25) is 0 Å². The first kappa shape index (κ1) is 49.6. The van der Waals surface area contributed by atoms with Crippen LogP contribution in [0.5, 0.6) is 34.5 Å². The normalized spacial score (nSPS) is 28.1. The van der Waals surface area contributed by atoms with Crippen molar-refractivity contribution in [1.29, 1.82) is 0 Å². The van der Waals surface area contributed by atoms with Crippen molar-refractivity contribution < 1.29 is 42.6 Å². The predicted molar refractivity (Wildman–Crippen MR) is 281 cm³/mol. The molecule has 0 amide bonds. The van der Waals surface area contributed by atoms with Crippen LogP contribution in [-0.4, -0.2) is 74.8 Å². The Morgan fingerprint density at radius 3 is 0.722 bits per heavy atom. The lowest BCUT2D eigenvalue weighted by Crippen LogP contribution is -2.40. The first-order valence-corrected chi connectivity index (χ1v) is 26.3. The third kappa shape index (κ3) is 12.8. The largest absolute Gasteiger partial charge is 0.491 e. The van der Waals surface area contributed by atoms with Crippen molar-refractivity contribution in [2.24, 2.45) is 17.8 Å². The zero-order valence-electron chi connectivity index (χ0n) is 42.8. The molecule has 4 fully saturated rings. The van der Waals surface area contributed by atoms with Gasteiger partial charge in [-0.15, -0.1) is 0 Å². The minimum atomic E-state index is -0.270. The second-order valence-corrected chi connectivity index (χ2v) is 21.1. The third-order valence-electron chi connectivity index (χ3n) is 15.3. The Labute approximate surface area is 427 Å². The van der Waals surface area contributed by atoms with E-state index in [1.165, 1.54) is 33.4 Å². The smallest absolute Gasteiger partial charge is 0.131 e. The van der Waals surface area contributed by atoms with E-state index in [0.29, 0.717) is 19.8 Å². The Morgan fingerprint density at radius 1 is 0.292 bits per heavy atom. The summed E-state index contributed by atoms with van der Waals surface area (Å²) < 4.78 is 61.5. The van der Waals surface area contributed by atoms with Gasteiger partial charge < -0.3 is 42.6 Å². The molecule has 9 atom stereocenters. The van der Waals surface area contributed by atoms with E-state index in [1.807, 2.05) is 36.4 Å². The molecule has 3 saturated heterocycles. The van der Waals surface area contributed by atoms with Gasteiger partial charge in [-0.1, -0.05) is 106 Å². The van der Waals surface area contributed by atoms with Crippen LogP contribution in [0, 0.1) is 59.3 Å². The second kappa shape index (κ2) is 22.8. The minimum absolute atomic E-state index is 0.0688. The van der Waals surface area contributed by atoms with E-state index in [-0.39, 0.29) is 72.7 Å². The summed E-state index contributed by atoms with van der Waals surface area (Å²) in [6.07, 6.45) is 3.45. The molecule has 3 heterocycles. The van der Waals surface area contributed by atoms with Gasteiger partial charge in [-0.25, -0.2) is 0 Å². The summed E-state index contributed by atoms with van der Waals surface area (Å²) >= 11 is 0. The lowest BCUT2D eigenvalue weighted by atomic mass is 9.68. The van der Waals surface area contributed by atoms with Crippen molar-refractivity contribution >= 4 is 0 Å². The summed E-state index contributed by atoms with van der Waals surface area (Å²) in [7, 11) is 0. The van der Waals surface area contributed by atoms with Gasteiger partial charge in [0.15, 0.2) is 0 Å². The van der Waals surface area contributed by atoms with Crippen LogP contribution in [-0.2, 0) is 14.2 Å². The molecule has 6 aromatic rings. The molecule has 4 aliphatic rings. The molecule has 9 heteroatoms. The third-order valence-corrected chi connectivity index (χ3v) is 15.3. The number of hydrogen-bond donors (Lipinski definition) is 0. The quantitative estimate of drug-likeness (QED) is 0.0836. The molecular weight excluding hydrogens is 901 g/mol. The van der Waals surface area contributed by atoms with E-state index < -0.39 is 0 Å². The van der Waals surface area contributed by atoms with Crippen LogP contribution in [0.3, 0.4) is 0 Å². The van der Waals surface area contributed by atoms with Crippen molar-refractivity contribution in [2.75, 3.05) is 19.8 Å². The molecule has 0 radical (unpaired) electrons. The highest BCUT2D eigenvalue weighted by molar-refractivity contribution is 5.31. The Kier molecular flexibility index (Phi) is 15.7. The van der Waals surface area contributed by atoms with Gasteiger partial charge in [0, 0.05) is 19.3 Å². The average Bonchev–Trinajstić information content (AvgIpc) is 4.12. The molecule has 1 aliphatic carbocycles. The molecule has 3 aliphatic heterocycles. The van der Waals surface area contributed by atoms with Gasteiger partial charge in [0.2, 0.25) is 0 Å². The van der Waals surface area contributed by atoms with Gasteiger partial charge in [0.05, 0.1) is 18.3 Å². The van der Waals surface area contributed by atoms with Crippen LogP contribution in [0.25, 0.3) is 0 Å².